The van der Waals surface area contributed by atoms with E-state index < -0.39 is 5.97 Å². The number of carbonyl (C=O) groups is 1. The van der Waals surface area contributed by atoms with Gasteiger partial charge in [-0.05, 0) is 60.8 Å². The molecule has 0 atom stereocenters. The van der Waals surface area contributed by atoms with Crippen LogP contribution in [-0.4, -0.2) is 46.2 Å². The number of nitrogens with one attached hydrogen (secondary N) is 3. The van der Waals surface area contributed by atoms with Gasteiger partial charge in [-0.25, -0.2) is 0 Å². The van der Waals surface area contributed by atoms with Crippen LogP contribution in [0.1, 0.15) is 5.56 Å². The molecule has 0 bridgehead atoms. The summed E-state index contributed by atoms with van der Waals surface area (Å²) in [4.78, 5) is 12.6. The van der Waals surface area contributed by atoms with Crippen molar-refractivity contribution in [3.05, 3.63) is 64.1 Å². The highest BCUT2D eigenvalue weighted by atomic mass is 32.1. The Bertz CT molecular complexity index is 1150. The number of aliphatic carboxylic acids is 1. The minimum Gasteiger partial charge on any atom is -0.480 e. The van der Waals surface area contributed by atoms with E-state index >= 15 is 0 Å². The maximum absolute atomic E-state index is 10.9. The number of hydrogen-bond donors (Lipinski definition) is 4. The fourth-order valence-electron chi connectivity index (χ4n) is 2.92. The summed E-state index contributed by atoms with van der Waals surface area (Å²) < 4.78 is 8.48. The van der Waals surface area contributed by atoms with Crippen LogP contribution < -0.4 is 15.0 Å². The minimum atomic E-state index is -0.902. The molecule has 3 rings (SSSR count). The number of anilines is 2. The summed E-state index contributed by atoms with van der Waals surface area (Å²) >= 11 is 10.5. The summed E-state index contributed by atoms with van der Waals surface area (Å²) in [5.74, 6) is -0.266. The lowest BCUT2D eigenvalue weighted by Gasteiger charge is -2.20. The number of nitrogens with zero attached hydrogens (tertiary/aromatic N) is 2. The summed E-state index contributed by atoms with van der Waals surface area (Å²) in [6, 6.07) is 13.0. The first-order chi connectivity index (χ1) is 14.4. The van der Waals surface area contributed by atoms with Crippen LogP contribution in [-0.2, 0) is 4.79 Å². The van der Waals surface area contributed by atoms with Crippen molar-refractivity contribution in [2.75, 3.05) is 30.5 Å². The molecule has 0 radical (unpaired) electrons. The van der Waals surface area contributed by atoms with Crippen LogP contribution in [0.25, 0.3) is 11.8 Å². The average molecular weight is 444 g/mol. The van der Waals surface area contributed by atoms with E-state index in [-0.39, 0.29) is 13.3 Å². The minimum absolute atomic E-state index is 0.103. The quantitative estimate of drug-likeness (QED) is 0.291. The fourth-order valence-corrected chi connectivity index (χ4v) is 3.48. The zero-order valence-electron chi connectivity index (χ0n) is 16.2. The molecule has 0 aliphatic heterocycles. The molecule has 0 saturated carbocycles. The fraction of sp³-hybridized carbons (Fsp3) is 0.150. The predicted molar refractivity (Wildman–Crippen MR) is 123 cm³/mol. The summed E-state index contributed by atoms with van der Waals surface area (Å²) in [6.07, 6.45) is 1.67. The molecule has 1 aromatic heterocycles. The number of rotatable bonds is 9. The Morgan fingerprint density at radius 3 is 2.67 bits per heavy atom. The Balaban J connectivity index is 1.68. The van der Waals surface area contributed by atoms with Crippen molar-refractivity contribution in [3.8, 4) is 11.4 Å². The van der Waals surface area contributed by atoms with Crippen molar-refractivity contribution in [1.82, 2.24) is 14.8 Å². The van der Waals surface area contributed by atoms with Crippen molar-refractivity contribution in [2.24, 2.45) is 0 Å². The topological polar surface area (TPSA) is 98.3 Å². The second-order valence-corrected chi connectivity index (χ2v) is 7.16. The lowest BCUT2D eigenvalue weighted by atomic mass is 10.1. The van der Waals surface area contributed by atoms with E-state index in [1.165, 1.54) is 0 Å². The third-order valence-electron chi connectivity index (χ3n) is 4.30. The van der Waals surface area contributed by atoms with Gasteiger partial charge in [-0.3, -0.25) is 19.6 Å². The number of benzene rings is 2. The lowest BCUT2D eigenvalue weighted by Crippen LogP contribution is -2.25. The van der Waals surface area contributed by atoms with Crippen LogP contribution in [0, 0.1) is 9.54 Å². The van der Waals surface area contributed by atoms with Crippen LogP contribution in [0.3, 0.4) is 0 Å². The third kappa shape index (κ3) is 4.97. The number of H-pyrrole nitrogens is 2. The molecule has 0 fully saturated rings. The van der Waals surface area contributed by atoms with Crippen molar-refractivity contribution in [1.29, 1.82) is 0 Å². The third-order valence-corrected chi connectivity index (χ3v) is 4.87. The van der Waals surface area contributed by atoms with Crippen molar-refractivity contribution >= 4 is 47.9 Å². The van der Waals surface area contributed by atoms with E-state index in [1.54, 1.807) is 28.7 Å². The molecule has 156 valence electrons. The van der Waals surface area contributed by atoms with Gasteiger partial charge in [0, 0.05) is 24.0 Å². The van der Waals surface area contributed by atoms with Gasteiger partial charge in [0.15, 0.2) is 16.3 Å². The summed E-state index contributed by atoms with van der Waals surface area (Å²) in [7, 11) is 1.72. The zero-order chi connectivity index (χ0) is 21.7. The Morgan fingerprint density at radius 2 is 2.00 bits per heavy atom. The molecule has 30 heavy (non-hydrogen) atoms. The Morgan fingerprint density at radius 1 is 1.27 bits per heavy atom. The lowest BCUT2D eigenvalue weighted by molar-refractivity contribution is -0.135. The molecule has 3 aromatic rings. The molecule has 4 N–H and O–H groups in total. The summed E-state index contributed by atoms with van der Waals surface area (Å²) in [5.41, 5.74) is 3.22. The van der Waals surface area contributed by atoms with E-state index in [4.69, 9.17) is 34.3 Å². The van der Waals surface area contributed by atoms with E-state index in [0.717, 1.165) is 22.6 Å². The Kier molecular flexibility index (Phi) is 6.70. The van der Waals surface area contributed by atoms with Gasteiger partial charge in [-0.1, -0.05) is 18.7 Å². The Hall–Kier alpha value is -3.37. The van der Waals surface area contributed by atoms with Crippen LogP contribution in [0.2, 0.25) is 0 Å². The molecule has 8 nitrogen and oxygen atoms in total. The molecule has 10 heteroatoms. The summed E-state index contributed by atoms with van der Waals surface area (Å²) in [5, 5.41) is 17.8. The van der Waals surface area contributed by atoms with Crippen LogP contribution in [0.5, 0.6) is 5.75 Å². The van der Waals surface area contributed by atoms with Crippen molar-refractivity contribution in [2.45, 2.75) is 0 Å². The number of carboxylic acid groups (broad SMARTS) is 1. The molecule has 0 spiro atoms. The number of aromatic amines is 2. The van der Waals surface area contributed by atoms with Crippen LogP contribution in [0.15, 0.2) is 49.0 Å². The first kappa shape index (κ1) is 21.3. The second-order valence-electron chi connectivity index (χ2n) is 6.39. The smallest absolute Gasteiger partial charge is 0.323 e. The van der Waals surface area contributed by atoms with Gasteiger partial charge in [0.2, 0.25) is 0 Å². The van der Waals surface area contributed by atoms with Gasteiger partial charge < -0.3 is 20.1 Å². The van der Waals surface area contributed by atoms with Gasteiger partial charge in [-0.15, -0.1) is 0 Å². The molecule has 0 aliphatic carbocycles. The zero-order valence-corrected chi connectivity index (χ0v) is 17.8. The molecule has 0 saturated heterocycles. The van der Waals surface area contributed by atoms with Gasteiger partial charge in [0.05, 0.1) is 5.69 Å². The maximum Gasteiger partial charge on any atom is 0.323 e. The van der Waals surface area contributed by atoms with E-state index in [1.807, 2.05) is 36.4 Å². The first-order valence-electron chi connectivity index (χ1n) is 8.95. The second kappa shape index (κ2) is 9.42. The van der Waals surface area contributed by atoms with Crippen LogP contribution >= 0.6 is 24.4 Å². The average Bonchev–Trinajstić information content (AvgIpc) is 3.05. The molecule has 2 aromatic carbocycles. The standard InChI is InChI=1S/C20H21N5O3S2/c1-3-13-9-16(7-8-17(13)24(2)11-18(26)27)28-12-21-14-5-4-6-15(10-14)25-19(29)22-23-20(25)30/h3-10,21H,1,11-12H2,2H3,(H,22,29)(H,23,30)(H,26,27). The van der Waals surface area contributed by atoms with Gasteiger partial charge in [0.25, 0.3) is 0 Å². The molecule has 1 heterocycles. The SMILES string of the molecule is C=Cc1cc(OCNc2cccc(-n3c(=S)[nH][nH]c3=S)c2)ccc1N(C)CC(=O)O. The largest absolute Gasteiger partial charge is 0.480 e. The highest BCUT2D eigenvalue weighted by molar-refractivity contribution is 7.72. The maximum atomic E-state index is 10.9. The van der Waals surface area contributed by atoms with Gasteiger partial charge in [-0.2, -0.15) is 0 Å². The number of ether oxygens (including phenoxy) is 1. The Labute approximate surface area is 183 Å². The summed E-state index contributed by atoms with van der Waals surface area (Å²) in [6.45, 7) is 3.93. The van der Waals surface area contributed by atoms with E-state index in [2.05, 4.69) is 22.1 Å². The van der Waals surface area contributed by atoms with Gasteiger partial charge in [0.1, 0.15) is 12.3 Å². The van der Waals surface area contributed by atoms with Crippen molar-refractivity contribution in [3.63, 3.8) is 0 Å². The first-order valence-corrected chi connectivity index (χ1v) is 9.77. The molecular formula is C20H21N5O3S2. The molecule has 0 aliphatic rings. The molecule has 0 unspecified atom stereocenters. The number of hydrogen-bond acceptors (Lipinski definition) is 6. The van der Waals surface area contributed by atoms with Crippen molar-refractivity contribution < 1.29 is 14.6 Å². The number of likely N-dealkylation sites (N-methyl/N-ethyl adjacent to an activating group) is 1. The van der Waals surface area contributed by atoms with E-state index in [0.29, 0.717) is 15.3 Å². The number of aromatic nitrogens is 3. The normalized spacial score (nSPS) is 10.4. The van der Waals surface area contributed by atoms with Gasteiger partial charge >= 0.3 is 5.97 Å². The van der Waals surface area contributed by atoms with E-state index in [9.17, 15) is 4.79 Å². The highest BCUT2D eigenvalue weighted by Gasteiger charge is 2.10. The number of carboxylic acids is 1. The predicted octanol–water partition coefficient (Wildman–Crippen LogP) is 4.20. The molecule has 0 amide bonds. The highest BCUT2D eigenvalue weighted by Crippen LogP contribution is 2.26. The monoisotopic (exact) mass is 443 g/mol. The van der Waals surface area contributed by atoms with Crippen LogP contribution in [0.4, 0.5) is 11.4 Å². The molecular weight excluding hydrogens is 422 g/mol.